The molecule has 0 aliphatic carbocycles. The zero-order valence-corrected chi connectivity index (χ0v) is 12.3. The van der Waals surface area contributed by atoms with Crippen molar-refractivity contribution in [3.8, 4) is 0 Å². The molecule has 1 heterocycles. The quantitative estimate of drug-likeness (QED) is 0.891. The lowest BCUT2D eigenvalue weighted by Crippen LogP contribution is -2.47. The molecule has 1 aromatic rings. The van der Waals surface area contributed by atoms with Crippen LogP contribution in [0.5, 0.6) is 0 Å². The number of aryl methyl sites for hydroxylation is 1. The predicted octanol–water partition coefficient (Wildman–Crippen LogP) is 2.48. The van der Waals surface area contributed by atoms with E-state index in [0.717, 1.165) is 31.4 Å². The third kappa shape index (κ3) is 3.73. The van der Waals surface area contributed by atoms with Gasteiger partial charge in [0.2, 0.25) is 0 Å². The number of nitrogens with one attached hydrogen (secondary N) is 1. The van der Waals surface area contributed by atoms with Crippen LogP contribution in [-0.4, -0.2) is 35.2 Å². The van der Waals surface area contributed by atoms with Crippen LogP contribution < -0.4 is 5.32 Å². The van der Waals surface area contributed by atoms with Crippen LogP contribution in [0.15, 0.2) is 24.3 Å². The number of carbonyl (C=O) groups is 1. The van der Waals surface area contributed by atoms with Crippen LogP contribution in [0.1, 0.15) is 43.9 Å². The number of urea groups is 1. The highest BCUT2D eigenvalue weighted by Crippen LogP contribution is 2.15. The monoisotopic (exact) mass is 276 g/mol. The van der Waals surface area contributed by atoms with Crippen molar-refractivity contribution in [2.45, 2.75) is 45.3 Å². The molecule has 1 aliphatic heterocycles. The van der Waals surface area contributed by atoms with Gasteiger partial charge in [-0.3, -0.25) is 0 Å². The summed E-state index contributed by atoms with van der Waals surface area (Å²) in [5.41, 5.74) is 2.40. The Morgan fingerprint density at radius 2 is 2.15 bits per heavy atom. The Hall–Kier alpha value is -1.55. The van der Waals surface area contributed by atoms with E-state index in [1.165, 1.54) is 5.56 Å². The van der Waals surface area contributed by atoms with Crippen molar-refractivity contribution >= 4 is 6.03 Å². The van der Waals surface area contributed by atoms with Crippen molar-refractivity contribution in [1.29, 1.82) is 0 Å². The minimum Gasteiger partial charge on any atom is -0.391 e. The number of hydrogen-bond donors (Lipinski definition) is 2. The van der Waals surface area contributed by atoms with E-state index in [2.05, 4.69) is 36.5 Å². The number of aliphatic hydroxyl groups excluding tert-OH is 1. The van der Waals surface area contributed by atoms with Gasteiger partial charge >= 0.3 is 6.03 Å². The molecule has 0 saturated carbocycles. The van der Waals surface area contributed by atoms with E-state index in [4.69, 9.17) is 0 Å². The number of hydrogen-bond acceptors (Lipinski definition) is 2. The predicted molar refractivity (Wildman–Crippen MR) is 79.6 cm³/mol. The molecule has 2 rings (SSSR count). The summed E-state index contributed by atoms with van der Waals surface area (Å²) < 4.78 is 0. The molecule has 0 aromatic heterocycles. The van der Waals surface area contributed by atoms with E-state index in [-0.39, 0.29) is 18.2 Å². The van der Waals surface area contributed by atoms with Crippen molar-refractivity contribution in [3.05, 3.63) is 35.4 Å². The van der Waals surface area contributed by atoms with E-state index in [1.807, 2.05) is 6.92 Å². The molecule has 2 atom stereocenters. The molecule has 1 fully saturated rings. The molecular formula is C16H24N2O2. The molecule has 2 unspecified atom stereocenters. The average molecular weight is 276 g/mol. The van der Waals surface area contributed by atoms with Gasteiger partial charge in [-0.2, -0.15) is 0 Å². The van der Waals surface area contributed by atoms with E-state index < -0.39 is 0 Å². The number of piperidine rings is 1. The van der Waals surface area contributed by atoms with Crippen molar-refractivity contribution in [2.75, 3.05) is 13.1 Å². The lowest BCUT2D eigenvalue weighted by Gasteiger charge is -2.31. The maximum absolute atomic E-state index is 12.2. The van der Waals surface area contributed by atoms with Gasteiger partial charge in [0.25, 0.3) is 0 Å². The molecule has 2 N–H and O–H groups in total. The molecule has 0 radical (unpaired) electrons. The maximum atomic E-state index is 12.2. The first-order valence-electron chi connectivity index (χ1n) is 7.42. The fourth-order valence-electron chi connectivity index (χ4n) is 2.54. The number of rotatable bonds is 3. The number of β-amino-alcohol motifs (C(OH)–C–C–N with tert-alkyl or cyclic N) is 1. The van der Waals surface area contributed by atoms with Crippen LogP contribution in [0, 0.1) is 0 Å². The summed E-state index contributed by atoms with van der Waals surface area (Å²) in [7, 11) is 0. The van der Waals surface area contributed by atoms with Crippen LogP contribution >= 0.6 is 0 Å². The minimum absolute atomic E-state index is 0.0209. The summed E-state index contributed by atoms with van der Waals surface area (Å²) in [4.78, 5) is 13.9. The molecule has 4 nitrogen and oxygen atoms in total. The number of benzene rings is 1. The Bertz CT molecular complexity index is 444. The van der Waals surface area contributed by atoms with Gasteiger partial charge in [-0.25, -0.2) is 4.79 Å². The van der Waals surface area contributed by atoms with Crippen molar-refractivity contribution in [1.82, 2.24) is 10.2 Å². The Labute approximate surface area is 120 Å². The number of amides is 2. The summed E-state index contributed by atoms with van der Waals surface area (Å²) in [6, 6.07) is 8.22. The van der Waals surface area contributed by atoms with Crippen LogP contribution in [0.2, 0.25) is 0 Å². The zero-order valence-electron chi connectivity index (χ0n) is 12.3. The van der Waals surface area contributed by atoms with Crippen LogP contribution in [0.3, 0.4) is 0 Å². The lowest BCUT2D eigenvalue weighted by molar-refractivity contribution is 0.0835. The largest absolute Gasteiger partial charge is 0.391 e. The first-order valence-corrected chi connectivity index (χ1v) is 7.42. The fourth-order valence-corrected chi connectivity index (χ4v) is 2.54. The molecule has 1 aromatic carbocycles. The molecular weight excluding hydrogens is 252 g/mol. The number of nitrogens with zero attached hydrogens (tertiary/aromatic N) is 1. The van der Waals surface area contributed by atoms with E-state index in [1.54, 1.807) is 4.90 Å². The van der Waals surface area contributed by atoms with E-state index in [9.17, 15) is 9.90 Å². The van der Waals surface area contributed by atoms with Gasteiger partial charge in [0, 0.05) is 13.1 Å². The third-order valence-electron chi connectivity index (χ3n) is 3.91. The number of aliphatic hydroxyl groups is 1. The fraction of sp³-hybridized carbons (Fsp3) is 0.562. The second-order valence-corrected chi connectivity index (χ2v) is 5.51. The topological polar surface area (TPSA) is 52.6 Å². The van der Waals surface area contributed by atoms with Crippen molar-refractivity contribution in [3.63, 3.8) is 0 Å². The number of likely N-dealkylation sites (tertiary alicyclic amines) is 1. The third-order valence-corrected chi connectivity index (χ3v) is 3.91. The van der Waals surface area contributed by atoms with Crippen LogP contribution in [-0.2, 0) is 6.42 Å². The second kappa shape index (κ2) is 6.75. The summed E-state index contributed by atoms with van der Waals surface area (Å²) in [5, 5.41) is 12.6. The Kier molecular flexibility index (Phi) is 5.01. The van der Waals surface area contributed by atoms with Crippen molar-refractivity contribution in [2.24, 2.45) is 0 Å². The van der Waals surface area contributed by atoms with Gasteiger partial charge in [0.1, 0.15) is 0 Å². The summed E-state index contributed by atoms with van der Waals surface area (Å²) in [6.45, 7) is 5.28. The molecule has 2 amide bonds. The standard InChI is InChI=1S/C16H24N2O2/c1-3-13-6-8-14(9-7-13)12(2)17-16(20)18-10-4-5-15(19)11-18/h6-9,12,15,19H,3-5,10-11H2,1-2H3,(H,17,20). The van der Waals surface area contributed by atoms with E-state index in [0.29, 0.717) is 6.54 Å². The molecule has 1 saturated heterocycles. The molecule has 1 aliphatic rings. The zero-order chi connectivity index (χ0) is 14.5. The molecule has 0 spiro atoms. The summed E-state index contributed by atoms with van der Waals surface area (Å²) >= 11 is 0. The highest BCUT2D eigenvalue weighted by atomic mass is 16.3. The first-order chi connectivity index (χ1) is 9.60. The minimum atomic E-state index is -0.381. The lowest BCUT2D eigenvalue weighted by atomic mass is 10.0. The van der Waals surface area contributed by atoms with Gasteiger partial charge in [0.15, 0.2) is 0 Å². The maximum Gasteiger partial charge on any atom is 0.317 e. The van der Waals surface area contributed by atoms with Gasteiger partial charge in [0.05, 0.1) is 12.1 Å². The van der Waals surface area contributed by atoms with Gasteiger partial charge < -0.3 is 15.3 Å². The molecule has 4 heteroatoms. The average Bonchev–Trinajstić information content (AvgIpc) is 2.47. The highest BCUT2D eigenvalue weighted by molar-refractivity contribution is 5.74. The Morgan fingerprint density at radius 3 is 2.75 bits per heavy atom. The molecule has 110 valence electrons. The number of carbonyl (C=O) groups excluding carboxylic acids is 1. The Balaban J connectivity index is 1.92. The van der Waals surface area contributed by atoms with Crippen molar-refractivity contribution < 1.29 is 9.90 Å². The normalized spacial score (nSPS) is 20.6. The van der Waals surface area contributed by atoms with Gasteiger partial charge in [-0.1, -0.05) is 31.2 Å². The molecule has 0 bridgehead atoms. The smallest absolute Gasteiger partial charge is 0.317 e. The van der Waals surface area contributed by atoms with Gasteiger partial charge in [-0.15, -0.1) is 0 Å². The van der Waals surface area contributed by atoms with Crippen LogP contribution in [0.25, 0.3) is 0 Å². The molecule has 20 heavy (non-hydrogen) atoms. The summed E-state index contributed by atoms with van der Waals surface area (Å²) in [5.74, 6) is 0. The summed E-state index contributed by atoms with van der Waals surface area (Å²) in [6.07, 6.45) is 2.30. The van der Waals surface area contributed by atoms with E-state index >= 15 is 0 Å². The van der Waals surface area contributed by atoms with Gasteiger partial charge in [-0.05, 0) is 37.3 Å². The first kappa shape index (κ1) is 14.9. The Morgan fingerprint density at radius 1 is 1.45 bits per heavy atom. The highest BCUT2D eigenvalue weighted by Gasteiger charge is 2.23. The SMILES string of the molecule is CCc1ccc(C(C)NC(=O)N2CCCC(O)C2)cc1. The second-order valence-electron chi connectivity index (χ2n) is 5.51. The van der Waals surface area contributed by atoms with Crippen LogP contribution in [0.4, 0.5) is 4.79 Å².